The zero-order valence-corrected chi connectivity index (χ0v) is 9.61. The average Bonchev–Trinajstić information content (AvgIpc) is 3.11. The van der Waals surface area contributed by atoms with Gasteiger partial charge in [-0.15, -0.1) is 6.42 Å². The minimum Gasteiger partial charge on any atom is -0.344 e. The van der Waals surface area contributed by atoms with Gasteiger partial charge in [0, 0.05) is 32.2 Å². The molecule has 1 aliphatic heterocycles. The van der Waals surface area contributed by atoms with Crippen molar-refractivity contribution in [2.75, 3.05) is 39.3 Å². The molecule has 1 amide bonds. The van der Waals surface area contributed by atoms with Crippen LogP contribution in [0, 0.1) is 12.3 Å². The van der Waals surface area contributed by atoms with Gasteiger partial charge in [0.05, 0.1) is 13.1 Å². The van der Waals surface area contributed by atoms with Crippen LogP contribution in [0.4, 0.5) is 0 Å². The molecule has 16 heavy (non-hydrogen) atoms. The lowest BCUT2D eigenvalue weighted by atomic mass is 10.3. The fourth-order valence-electron chi connectivity index (χ4n) is 2.13. The number of hydrogen-bond acceptors (Lipinski definition) is 3. The smallest absolute Gasteiger partial charge is 0.234 e. The van der Waals surface area contributed by atoms with Gasteiger partial charge in [-0.1, -0.05) is 5.92 Å². The van der Waals surface area contributed by atoms with E-state index in [2.05, 4.69) is 21.0 Å². The first kappa shape index (κ1) is 11.4. The molecule has 2 aliphatic rings. The largest absolute Gasteiger partial charge is 0.344 e. The zero-order chi connectivity index (χ0) is 11.4. The minimum atomic E-state index is 0.0396. The second-order valence-electron chi connectivity index (χ2n) is 4.52. The van der Waals surface area contributed by atoms with Crippen LogP contribution in [0.2, 0.25) is 0 Å². The molecule has 2 fully saturated rings. The highest BCUT2D eigenvalue weighted by atomic mass is 16.2. The van der Waals surface area contributed by atoms with Crippen LogP contribution in [-0.2, 0) is 4.79 Å². The van der Waals surface area contributed by atoms with E-state index in [1.165, 1.54) is 12.8 Å². The molecule has 1 aliphatic carbocycles. The molecule has 0 aromatic heterocycles. The summed E-state index contributed by atoms with van der Waals surface area (Å²) in [7, 11) is 0. The summed E-state index contributed by atoms with van der Waals surface area (Å²) >= 11 is 0. The van der Waals surface area contributed by atoms with E-state index in [1.807, 2.05) is 0 Å². The maximum atomic E-state index is 11.4. The molecule has 0 radical (unpaired) electrons. The molecule has 0 bridgehead atoms. The lowest BCUT2D eigenvalue weighted by molar-refractivity contribution is -0.122. The van der Waals surface area contributed by atoms with Crippen LogP contribution in [0.5, 0.6) is 0 Å². The Kier molecular flexibility index (Phi) is 3.81. The monoisotopic (exact) mass is 221 g/mol. The van der Waals surface area contributed by atoms with Gasteiger partial charge in [-0.25, -0.2) is 0 Å². The normalized spacial score (nSPS) is 22.7. The molecule has 1 saturated heterocycles. The molecular formula is C12H19N3O. The van der Waals surface area contributed by atoms with Crippen molar-refractivity contribution in [3.63, 3.8) is 0 Å². The van der Waals surface area contributed by atoms with E-state index < -0.39 is 0 Å². The second-order valence-corrected chi connectivity index (χ2v) is 4.52. The second kappa shape index (κ2) is 5.33. The van der Waals surface area contributed by atoms with Crippen LogP contribution < -0.4 is 5.32 Å². The number of amides is 1. The molecule has 4 nitrogen and oxygen atoms in total. The summed E-state index contributed by atoms with van der Waals surface area (Å²) in [5.74, 6) is 2.45. The van der Waals surface area contributed by atoms with E-state index in [0.717, 1.165) is 32.2 Å². The molecule has 0 unspecified atom stereocenters. The van der Waals surface area contributed by atoms with E-state index in [4.69, 9.17) is 6.42 Å². The molecule has 2 rings (SSSR count). The Bertz CT molecular complexity index is 285. The van der Waals surface area contributed by atoms with Gasteiger partial charge in [-0.2, -0.15) is 0 Å². The summed E-state index contributed by atoms with van der Waals surface area (Å²) in [6, 6.07) is 0.845. The van der Waals surface area contributed by atoms with Crippen molar-refractivity contribution < 1.29 is 4.79 Å². The van der Waals surface area contributed by atoms with E-state index in [-0.39, 0.29) is 5.91 Å². The van der Waals surface area contributed by atoms with Gasteiger partial charge in [0.15, 0.2) is 0 Å². The summed E-state index contributed by atoms with van der Waals surface area (Å²) in [6.07, 6.45) is 7.81. The highest BCUT2D eigenvalue weighted by Crippen LogP contribution is 2.27. The summed E-state index contributed by atoms with van der Waals surface area (Å²) < 4.78 is 0. The predicted molar refractivity (Wildman–Crippen MR) is 62.9 cm³/mol. The standard InChI is InChI=1S/C12H19N3O/c1-2-5-13-12(16)10-14-6-8-15(9-7-14)11-3-4-11/h1,11H,3-10H2,(H,13,16). The zero-order valence-electron chi connectivity index (χ0n) is 9.61. The number of carbonyl (C=O) groups excluding carboxylic acids is 1. The molecule has 88 valence electrons. The molecular weight excluding hydrogens is 202 g/mol. The van der Waals surface area contributed by atoms with Crippen LogP contribution in [0.15, 0.2) is 0 Å². The first-order valence-corrected chi connectivity index (χ1v) is 5.96. The Morgan fingerprint density at radius 2 is 2.00 bits per heavy atom. The van der Waals surface area contributed by atoms with Crippen molar-refractivity contribution in [2.45, 2.75) is 18.9 Å². The number of nitrogens with zero attached hydrogens (tertiary/aromatic N) is 2. The summed E-state index contributed by atoms with van der Waals surface area (Å²) in [5, 5.41) is 2.70. The minimum absolute atomic E-state index is 0.0396. The van der Waals surface area contributed by atoms with Crippen molar-refractivity contribution in [3.8, 4) is 12.3 Å². The number of rotatable bonds is 4. The SMILES string of the molecule is C#CCNC(=O)CN1CCN(C2CC2)CC1. The van der Waals surface area contributed by atoms with Gasteiger partial charge < -0.3 is 5.32 Å². The maximum Gasteiger partial charge on any atom is 0.234 e. The Hall–Kier alpha value is -1.05. The van der Waals surface area contributed by atoms with Crippen LogP contribution in [0.25, 0.3) is 0 Å². The van der Waals surface area contributed by atoms with Crippen LogP contribution >= 0.6 is 0 Å². The van der Waals surface area contributed by atoms with E-state index >= 15 is 0 Å². The van der Waals surface area contributed by atoms with Crippen molar-refractivity contribution in [3.05, 3.63) is 0 Å². The van der Waals surface area contributed by atoms with Crippen molar-refractivity contribution >= 4 is 5.91 Å². The van der Waals surface area contributed by atoms with Gasteiger partial charge in [0.1, 0.15) is 0 Å². The Balaban J connectivity index is 1.64. The maximum absolute atomic E-state index is 11.4. The molecule has 0 atom stereocenters. The Morgan fingerprint density at radius 1 is 1.31 bits per heavy atom. The third-order valence-corrected chi connectivity index (χ3v) is 3.22. The van der Waals surface area contributed by atoms with Gasteiger partial charge in [0.2, 0.25) is 5.91 Å². The number of terminal acetylenes is 1. The van der Waals surface area contributed by atoms with Gasteiger partial charge in [-0.05, 0) is 12.8 Å². The first-order valence-electron chi connectivity index (χ1n) is 5.96. The fourth-order valence-corrected chi connectivity index (χ4v) is 2.13. The topological polar surface area (TPSA) is 35.6 Å². The molecule has 0 aromatic carbocycles. The van der Waals surface area contributed by atoms with Gasteiger partial charge in [0.25, 0.3) is 0 Å². The number of piperazine rings is 1. The highest BCUT2D eigenvalue weighted by Gasteiger charge is 2.31. The number of hydrogen-bond donors (Lipinski definition) is 1. The highest BCUT2D eigenvalue weighted by molar-refractivity contribution is 5.78. The van der Waals surface area contributed by atoms with E-state index in [1.54, 1.807) is 0 Å². The van der Waals surface area contributed by atoms with Crippen LogP contribution in [0.3, 0.4) is 0 Å². The quantitative estimate of drug-likeness (QED) is 0.651. The van der Waals surface area contributed by atoms with E-state index in [0.29, 0.717) is 13.1 Å². The average molecular weight is 221 g/mol. The molecule has 1 N–H and O–H groups in total. The first-order chi connectivity index (χ1) is 7.79. The lowest BCUT2D eigenvalue weighted by Crippen LogP contribution is -2.50. The lowest BCUT2D eigenvalue weighted by Gasteiger charge is -2.34. The number of carbonyl (C=O) groups is 1. The van der Waals surface area contributed by atoms with Crippen molar-refractivity contribution in [1.82, 2.24) is 15.1 Å². The van der Waals surface area contributed by atoms with Crippen molar-refractivity contribution in [2.24, 2.45) is 0 Å². The summed E-state index contributed by atoms with van der Waals surface area (Å²) in [5.41, 5.74) is 0. The molecule has 0 aromatic rings. The third-order valence-electron chi connectivity index (χ3n) is 3.22. The van der Waals surface area contributed by atoms with Gasteiger partial charge in [-0.3, -0.25) is 14.6 Å². The Morgan fingerprint density at radius 3 is 2.56 bits per heavy atom. The molecule has 0 spiro atoms. The molecule has 1 saturated carbocycles. The molecule has 1 heterocycles. The van der Waals surface area contributed by atoms with E-state index in [9.17, 15) is 4.79 Å². The van der Waals surface area contributed by atoms with Crippen LogP contribution in [-0.4, -0.2) is 61.0 Å². The Labute approximate surface area is 97.0 Å². The molecule has 4 heteroatoms. The number of nitrogens with one attached hydrogen (secondary N) is 1. The van der Waals surface area contributed by atoms with Gasteiger partial charge >= 0.3 is 0 Å². The third kappa shape index (κ3) is 3.22. The van der Waals surface area contributed by atoms with Crippen LogP contribution in [0.1, 0.15) is 12.8 Å². The fraction of sp³-hybridized carbons (Fsp3) is 0.750. The summed E-state index contributed by atoms with van der Waals surface area (Å²) in [6.45, 7) is 5.03. The predicted octanol–water partition coefficient (Wildman–Crippen LogP) is -0.484. The summed E-state index contributed by atoms with van der Waals surface area (Å²) in [4.78, 5) is 16.2. The van der Waals surface area contributed by atoms with Crippen molar-refractivity contribution in [1.29, 1.82) is 0 Å².